The molecule has 18 heavy (non-hydrogen) atoms. The molecule has 1 aromatic carbocycles. The van der Waals surface area contributed by atoms with Crippen molar-refractivity contribution in [3.63, 3.8) is 0 Å². The summed E-state index contributed by atoms with van der Waals surface area (Å²) in [6.45, 7) is 10.0. The third kappa shape index (κ3) is 2.23. The fraction of sp³-hybridized carbons (Fsp3) is 0.571. The smallest absolute Gasteiger partial charge is 0.143 e. The summed E-state index contributed by atoms with van der Waals surface area (Å²) < 4.78 is 1.45. The normalized spacial score (nSPS) is 21.0. The maximum absolute atomic E-state index is 9.67. The Labute approximate surface area is 125 Å². The molecular formula is C14H19Br2NO. The first kappa shape index (κ1) is 14.4. The predicted molar refractivity (Wildman–Crippen MR) is 81.7 cm³/mol. The van der Waals surface area contributed by atoms with E-state index in [2.05, 4.69) is 64.9 Å². The molecule has 0 amide bonds. The molecule has 1 aliphatic rings. The molecule has 0 spiro atoms. The molecule has 0 saturated heterocycles. The summed E-state index contributed by atoms with van der Waals surface area (Å²) in [4.78, 5) is 0. The molecule has 0 heterocycles. The second kappa shape index (κ2) is 4.50. The van der Waals surface area contributed by atoms with Crippen LogP contribution in [0.25, 0.3) is 0 Å². The third-order valence-electron chi connectivity index (χ3n) is 4.61. The minimum atomic E-state index is 0.255. The molecule has 0 aromatic heterocycles. The number of phenols is 1. The van der Waals surface area contributed by atoms with Crippen LogP contribution in [0.2, 0.25) is 0 Å². The Morgan fingerprint density at radius 3 is 1.94 bits per heavy atom. The highest BCUT2D eigenvalue weighted by atomic mass is 79.9. The molecule has 2 N–H and O–H groups in total. The summed E-state index contributed by atoms with van der Waals surface area (Å²) in [6.07, 6.45) is 0. The van der Waals surface area contributed by atoms with Gasteiger partial charge in [0.2, 0.25) is 0 Å². The van der Waals surface area contributed by atoms with Gasteiger partial charge in [-0.25, -0.2) is 0 Å². The molecule has 0 unspecified atom stereocenters. The van der Waals surface area contributed by atoms with Crippen molar-refractivity contribution in [2.75, 3.05) is 0 Å². The molecule has 2 nitrogen and oxygen atoms in total. The lowest BCUT2D eigenvalue weighted by Crippen LogP contribution is -2.21. The van der Waals surface area contributed by atoms with Gasteiger partial charge in [-0.1, -0.05) is 27.7 Å². The zero-order chi connectivity index (χ0) is 13.7. The minimum Gasteiger partial charge on any atom is -0.506 e. The highest BCUT2D eigenvalue weighted by molar-refractivity contribution is 9.11. The minimum absolute atomic E-state index is 0.255. The number of rotatable bonds is 3. The van der Waals surface area contributed by atoms with Crippen LogP contribution >= 0.6 is 31.9 Å². The molecule has 4 heteroatoms. The number of hydrogen-bond donors (Lipinski definition) is 2. The van der Waals surface area contributed by atoms with Crippen molar-refractivity contribution in [3.8, 4) is 5.75 Å². The van der Waals surface area contributed by atoms with Crippen LogP contribution in [0.5, 0.6) is 5.75 Å². The Morgan fingerprint density at radius 1 is 1.11 bits per heavy atom. The highest BCUT2D eigenvalue weighted by Gasteiger charge is 2.64. The van der Waals surface area contributed by atoms with E-state index in [0.29, 0.717) is 16.9 Å². The first-order valence-electron chi connectivity index (χ1n) is 6.08. The lowest BCUT2D eigenvalue weighted by Gasteiger charge is -2.09. The van der Waals surface area contributed by atoms with Gasteiger partial charge in [0, 0.05) is 12.6 Å². The van der Waals surface area contributed by atoms with Crippen molar-refractivity contribution in [1.82, 2.24) is 5.32 Å². The van der Waals surface area contributed by atoms with Crippen molar-refractivity contribution in [2.45, 2.75) is 40.3 Å². The average molecular weight is 377 g/mol. The Morgan fingerprint density at radius 2 is 1.56 bits per heavy atom. The van der Waals surface area contributed by atoms with Crippen molar-refractivity contribution in [3.05, 3.63) is 26.6 Å². The van der Waals surface area contributed by atoms with Crippen LogP contribution in [0, 0.1) is 10.8 Å². The summed E-state index contributed by atoms with van der Waals surface area (Å²) in [6, 6.07) is 4.45. The third-order valence-corrected chi connectivity index (χ3v) is 5.82. The van der Waals surface area contributed by atoms with E-state index in [1.807, 2.05) is 12.1 Å². The fourth-order valence-corrected chi connectivity index (χ4v) is 3.93. The molecule has 100 valence electrons. The van der Waals surface area contributed by atoms with Gasteiger partial charge in [0.1, 0.15) is 5.75 Å². The van der Waals surface area contributed by atoms with E-state index >= 15 is 0 Å². The second-order valence-electron chi connectivity index (χ2n) is 6.17. The van der Waals surface area contributed by atoms with Gasteiger partial charge < -0.3 is 10.4 Å². The molecule has 1 saturated carbocycles. The van der Waals surface area contributed by atoms with Gasteiger partial charge in [0.25, 0.3) is 0 Å². The van der Waals surface area contributed by atoms with E-state index < -0.39 is 0 Å². The largest absolute Gasteiger partial charge is 0.506 e. The number of hydrogen-bond acceptors (Lipinski definition) is 2. The van der Waals surface area contributed by atoms with Crippen LogP contribution in [0.4, 0.5) is 0 Å². The van der Waals surface area contributed by atoms with Gasteiger partial charge in [-0.2, -0.15) is 0 Å². The number of halogens is 2. The highest BCUT2D eigenvalue weighted by Crippen LogP contribution is 2.62. The Hall–Kier alpha value is -0.0600. The molecule has 1 aliphatic carbocycles. The van der Waals surface area contributed by atoms with Crippen molar-refractivity contribution < 1.29 is 5.11 Å². The molecule has 0 atom stereocenters. The van der Waals surface area contributed by atoms with E-state index in [-0.39, 0.29) is 5.75 Å². The summed E-state index contributed by atoms with van der Waals surface area (Å²) in [5, 5.41) is 13.3. The van der Waals surface area contributed by atoms with Gasteiger partial charge in [-0.05, 0) is 60.4 Å². The number of benzene rings is 1. The van der Waals surface area contributed by atoms with Crippen LogP contribution in [-0.2, 0) is 6.54 Å². The lowest BCUT2D eigenvalue weighted by atomic mass is 10.0. The summed E-state index contributed by atoms with van der Waals surface area (Å²) >= 11 is 6.71. The molecule has 0 aliphatic heterocycles. The van der Waals surface area contributed by atoms with Gasteiger partial charge in [-0.15, -0.1) is 0 Å². The average Bonchev–Trinajstić information content (AvgIpc) is 2.63. The van der Waals surface area contributed by atoms with Gasteiger partial charge in [0.15, 0.2) is 0 Å². The van der Waals surface area contributed by atoms with Crippen LogP contribution in [-0.4, -0.2) is 11.1 Å². The molecule has 1 fully saturated rings. The number of phenolic OH excluding ortho intramolecular Hbond substituents is 1. The maximum atomic E-state index is 9.67. The van der Waals surface area contributed by atoms with E-state index in [9.17, 15) is 5.11 Å². The summed E-state index contributed by atoms with van der Waals surface area (Å²) in [7, 11) is 0. The van der Waals surface area contributed by atoms with Crippen LogP contribution in [0.3, 0.4) is 0 Å². The molecule has 2 rings (SSSR count). The first-order valence-corrected chi connectivity index (χ1v) is 7.67. The lowest BCUT2D eigenvalue weighted by molar-refractivity contribution is 0.457. The van der Waals surface area contributed by atoms with Crippen molar-refractivity contribution in [1.29, 1.82) is 0 Å². The summed E-state index contributed by atoms with van der Waals surface area (Å²) in [5.74, 6) is 0.255. The Balaban J connectivity index is 2.05. The van der Waals surface area contributed by atoms with Crippen LogP contribution < -0.4 is 5.32 Å². The van der Waals surface area contributed by atoms with Gasteiger partial charge in [0.05, 0.1) is 8.95 Å². The van der Waals surface area contributed by atoms with Crippen molar-refractivity contribution in [2.24, 2.45) is 10.8 Å². The first-order chi connectivity index (χ1) is 8.18. The van der Waals surface area contributed by atoms with E-state index in [1.165, 1.54) is 0 Å². The standard InChI is InChI=1S/C14H19Br2NO/c1-13(2)12(14(13,3)4)17-7-8-5-9(15)11(18)10(16)6-8/h5-6,12,17-18H,7H2,1-4H3. The topological polar surface area (TPSA) is 32.3 Å². The van der Waals surface area contributed by atoms with Crippen LogP contribution in [0.1, 0.15) is 33.3 Å². The van der Waals surface area contributed by atoms with E-state index in [1.54, 1.807) is 0 Å². The zero-order valence-electron chi connectivity index (χ0n) is 11.1. The van der Waals surface area contributed by atoms with E-state index in [4.69, 9.17) is 0 Å². The molecule has 0 bridgehead atoms. The Kier molecular flexibility index (Phi) is 3.58. The molecule has 1 aromatic rings. The van der Waals surface area contributed by atoms with Gasteiger partial charge in [-0.3, -0.25) is 0 Å². The van der Waals surface area contributed by atoms with E-state index in [0.717, 1.165) is 21.1 Å². The van der Waals surface area contributed by atoms with Gasteiger partial charge >= 0.3 is 0 Å². The molecule has 0 radical (unpaired) electrons. The fourth-order valence-electron chi connectivity index (χ4n) is 2.65. The van der Waals surface area contributed by atoms with Crippen LogP contribution in [0.15, 0.2) is 21.1 Å². The Bertz CT molecular complexity index is 446. The monoisotopic (exact) mass is 375 g/mol. The second-order valence-corrected chi connectivity index (χ2v) is 7.87. The number of aromatic hydroxyl groups is 1. The zero-order valence-corrected chi connectivity index (χ0v) is 14.3. The predicted octanol–water partition coefficient (Wildman–Crippen LogP) is 4.44. The van der Waals surface area contributed by atoms with Crippen molar-refractivity contribution >= 4 is 31.9 Å². The molecular weight excluding hydrogens is 358 g/mol. The maximum Gasteiger partial charge on any atom is 0.143 e. The SMILES string of the molecule is CC1(C)C(NCc2cc(Br)c(O)c(Br)c2)C1(C)C. The number of nitrogens with one attached hydrogen (secondary N) is 1. The quantitative estimate of drug-likeness (QED) is 0.817. The summed E-state index contributed by atoms with van der Waals surface area (Å²) in [5.41, 5.74) is 1.85.